The monoisotopic (exact) mass is 831 g/mol. The van der Waals surface area contributed by atoms with E-state index in [2.05, 4.69) is 62.5 Å². The predicted octanol–water partition coefficient (Wildman–Crippen LogP) is 13.6. The van der Waals surface area contributed by atoms with Gasteiger partial charge in [0.05, 0.1) is 34.4 Å². The van der Waals surface area contributed by atoms with E-state index in [9.17, 15) is 19.5 Å². The Labute approximate surface area is 363 Å². The number of carbonyl (C=O) groups excluding carboxylic acids is 2. The molecule has 0 aromatic carbocycles. The van der Waals surface area contributed by atoms with Gasteiger partial charge in [-0.3, -0.25) is 9.59 Å². The minimum absolute atomic E-state index is 0.0550. The number of nitrogens with zero attached hydrogens (tertiary/aromatic N) is 1. The lowest BCUT2D eigenvalue weighted by molar-refractivity contribution is -0.887. The van der Waals surface area contributed by atoms with Crippen LogP contribution < -0.4 is 0 Å². The summed E-state index contributed by atoms with van der Waals surface area (Å²) in [5.41, 5.74) is 0. The van der Waals surface area contributed by atoms with E-state index in [1.165, 1.54) is 109 Å². The molecule has 2 atom stereocenters. The molecule has 0 radical (unpaired) electrons. The van der Waals surface area contributed by atoms with E-state index in [1.807, 2.05) is 21.1 Å². The van der Waals surface area contributed by atoms with Crippen LogP contribution in [-0.2, 0) is 28.6 Å². The van der Waals surface area contributed by atoms with Crippen LogP contribution in [0.3, 0.4) is 0 Å². The van der Waals surface area contributed by atoms with Crippen LogP contribution in [0.4, 0.5) is 0 Å². The van der Waals surface area contributed by atoms with Gasteiger partial charge in [0.1, 0.15) is 6.61 Å². The third-order valence-corrected chi connectivity index (χ3v) is 10.7. The molecule has 0 spiro atoms. The van der Waals surface area contributed by atoms with Crippen LogP contribution in [-0.4, -0.2) is 80.6 Å². The molecule has 0 heterocycles. The summed E-state index contributed by atoms with van der Waals surface area (Å²) in [6, 6.07) is -0.618. The van der Waals surface area contributed by atoms with Crippen molar-refractivity contribution in [1.82, 2.24) is 0 Å². The van der Waals surface area contributed by atoms with Gasteiger partial charge in [-0.15, -0.1) is 0 Å². The molecule has 0 aliphatic heterocycles. The molecule has 1 N–H and O–H groups in total. The van der Waals surface area contributed by atoms with Crippen LogP contribution in [0.1, 0.15) is 206 Å². The second kappa shape index (κ2) is 42.0. The van der Waals surface area contributed by atoms with Crippen LogP contribution in [0.2, 0.25) is 0 Å². The summed E-state index contributed by atoms with van der Waals surface area (Å²) in [7, 11) is 5.53. The molecule has 2 unspecified atom stereocenters. The second-order valence-corrected chi connectivity index (χ2v) is 17.4. The smallest absolute Gasteiger partial charge is 0.362 e. The summed E-state index contributed by atoms with van der Waals surface area (Å²) in [5.74, 6) is -1.48. The summed E-state index contributed by atoms with van der Waals surface area (Å²) in [6.07, 6.45) is 50.0. The van der Waals surface area contributed by atoms with E-state index in [4.69, 9.17) is 14.2 Å². The second-order valence-electron chi connectivity index (χ2n) is 17.4. The van der Waals surface area contributed by atoms with Crippen molar-refractivity contribution < 1.29 is 38.2 Å². The fraction of sp³-hybridized carbons (Fsp3) is 0.784. The molecule has 0 saturated carbocycles. The van der Waals surface area contributed by atoms with E-state index >= 15 is 0 Å². The van der Waals surface area contributed by atoms with E-state index in [1.54, 1.807) is 0 Å². The molecule has 0 fully saturated rings. The molecule has 8 nitrogen and oxygen atoms in total. The maximum Gasteiger partial charge on any atom is 0.362 e. The molecule has 0 aromatic rings. The van der Waals surface area contributed by atoms with Crippen molar-refractivity contribution in [3.05, 3.63) is 48.6 Å². The van der Waals surface area contributed by atoms with Gasteiger partial charge in [-0.05, 0) is 77.0 Å². The highest BCUT2D eigenvalue weighted by atomic mass is 16.6. The first-order chi connectivity index (χ1) is 28.6. The zero-order chi connectivity index (χ0) is 43.5. The van der Waals surface area contributed by atoms with Crippen LogP contribution in [0.5, 0.6) is 0 Å². The van der Waals surface area contributed by atoms with Crippen LogP contribution in [0.25, 0.3) is 0 Å². The molecule has 8 heteroatoms. The zero-order valence-corrected chi connectivity index (χ0v) is 39.0. The highest BCUT2D eigenvalue weighted by Crippen LogP contribution is 2.14. The number of carbonyl (C=O) groups is 3. The number of esters is 2. The molecule has 0 aliphatic carbocycles. The molecular weight excluding hydrogens is 739 g/mol. The Kier molecular flexibility index (Phi) is 40.1. The molecule has 0 saturated heterocycles. The Morgan fingerprint density at radius 2 is 0.898 bits per heavy atom. The van der Waals surface area contributed by atoms with Gasteiger partial charge in [0.2, 0.25) is 0 Å². The maximum absolute atomic E-state index is 12.8. The minimum Gasteiger partial charge on any atom is -0.477 e. The highest BCUT2D eigenvalue weighted by Gasteiger charge is 2.31. The standard InChI is InChI=1S/C51H91NO7/c1-6-8-10-12-14-16-18-20-22-24-26-28-30-32-34-36-38-40-42-50(54)59-47(45-57-44-43-48(51(55)56)52(3,4)5)46-58-49(53)41-39-37-35-33-31-29-27-25-23-21-19-17-15-13-11-9-7-2/h15-18,21-24,47-48H,6-14,19-20,25-46H2,1-5H3/p+1/b17-15-,18-16-,23-21-,24-22-. The first-order valence-electron chi connectivity index (χ1n) is 24.2. The van der Waals surface area contributed by atoms with Gasteiger partial charge in [-0.25, -0.2) is 4.79 Å². The molecular formula is C51H92NO7+. The number of ether oxygens (including phenoxy) is 3. The third-order valence-electron chi connectivity index (χ3n) is 10.7. The van der Waals surface area contributed by atoms with E-state index in [-0.39, 0.29) is 36.2 Å². The average molecular weight is 831 g/mol. The van der Waals surface area contributed by atoms with Crippen molar-refractivity contribution in [3.63, 3.8) is 0 Å². The number of quaternary nitrogens is 1. The lowest BCUT2D eigenvalue weighted by Gasteiger charge is -2.31. The number of likely N-dealkylation sites (N-methyl/N-ethyl adjacent to an activating group) is 1. The number of carboxylic acids is 1. The molecule has 0 rings (SSSR count). The maximum atomic E-state index is 12.8. The fourth-order valence-corrected chi connectivity index (χ4v) is 6.92. The number of rotatable bonds is 43. The van der Waals surface area contributed by atoms with Crippen molar-refractivity contribution in [2.24, 2.45) is 0 Å². The van der Waals surface area contributed by atoms with Crippen LogP contribution in [0.15, 0.2) is 48.6 Å². The van der Waals surface area contributed by atoms with E-state index in [0.717, 1.165) is 64.2 Å². The summed E-state index contributed by atoms with van der Waals surface area (Å²) < 4.78 is 17.3. The molecule has 0 aromatic heterocycles. The van der Waals surface area contributed by atoms with Gasteiger partial charge in [0.25, 0.3) is 0 Å². The summed E-state index contributed by atoms with van der Waals surface area (Å²) in [5, 5.41) is 9.64. The topological polar surface area (TPSA) is 99.1 Å². The van der Waals surface area contributed by atoms with Crippen molar-refractivity contribution >= 4 is 17.9 Å². The molecule has 342 valence electrons. The number of hydrogen-bond donors (Lipinski definition) is 1. The lowest BCUT2D eigenvalue weighted by Crippen LogP contribution is -2.50. The van der Waals surface area contributed by atoms with Crippen molar-refractivity contribution in [2.75, 3.05) is 41.0 Å². The Morgan fingerprint density at radius 1 is 0.508 bits per heavy atom. The van der Waals surface area contributed by atoms with Gasteiger partial charge in [0.15, 0.2) is 12.1 Å². The third kappa shape index (κ3) is 40.5. The SMILES string of the molecule is CCCCC/C=C\C/C=C\CCCCCCCCCC(=O)OCC(COCCC(C(=O)O)[N+](C)(C)C)OC(=O)CCCCCCCCC/C=C\C/C=C\CCCCCC. The first kappa shape index (κ1) is 56.3. The van der Waals surface area contributed by atoms with Crippen LogP contribution in [0, 0.1) is 0 Å². The average Bonchev–Trinajstić information content (AvgIpc) is 3.19. The summed E-state index contributed by atoms with van der Waals surface area (Å²) >= 11 is 0. The van der Waals surface area contributed by atoms with Gasteiger partial charge < -0.3 is 23.8 Å². The first-order valence-corrected chi connectivity index (χ1v) is 24.2. The predicted molar refractivity (Wildman–Crippen MR) is 248 cm³/mol. The molecule has 0 bridgehead atoms. The largest absolute Gasteiger partial charge is 0.477 e. The van der Waals surface area contributed by atoms with Gasteiger partial charge in [-0.2, -0.15) is 0 Å². The Hall–Kier alpha value is -2.71. The highest BCUT2D eigenvalue weighted by molar-refractivity contribution is 5.72. The Morgan fingerprint density at radius 3 is 1.34 bits per heavy atom. The van der Waals surface area contributed by atoms with Gasteiger partial charge in [0, 0.05) is 19.3 Å². The number of carboxylic acid groups (broad SMARTS) is 1. The van der Waals surface area contributed by atoms with Crippen molar-refractivity contribution in [2.45, 2.75) is 219 Å². The summed E-state index contributed by atoms with van der Waals surface area (Å²) in [6.45, 7) is 4.69. The van der Waals surface area contributed by atoms with E-state index < -0.39 is 18.1 Å². The number of allylic oxidation sites excluding steroid dienone is 8. The van der Waals surface area contributed by atoms with Gasteiger partial charge >= 0.3 is 17.9 Å². The molecule has 0 amide bonds. The lowest BCUT2D eigenvalue weighted by atomic mass is 10.1. The van der Waals surface area contributed by atoms with Gasteiger partial charge in [-0.1, -0.05) is 159 Å². The Balaban J connectivity index is 4.32. The quantitative estimate of drug-likeness (QED) is 0.0283. The summed E-state index contributed by atoms with van der Waals surface area (Å²) in [4.78, 5) is 37.1. The zero-order valence-electron chi connectivity index (χ0n) is 39.0. The minimum atomic E-state index is -0.878. The molecule has 59 heavy (non-hydrogen) atoms. The van der Waals surface area contributed by atoms with E-state index in [0.29, 0.717) is 19.3 Å². The van der Waals surface area contributed by atoms with Crippen LogP contribution >= 0.6 is 0 Å². The number of hydrogen-bond acceptors (Lipinski definition) is 6. The Bertz CT molecular complexity index is 1110. The number of unbranched alkanes of at least 4 members (excludes halogenated alkanes) is 21. The fourth-order valence-electron chi connectivity index (χ4n) is 6.92. The molecule has 0 aliphatic rings. The number of aliphatic carboxylic acids is 1. The van der Waals surface area contributed by atoms with Crippen molar-refractivity contribution in [3.8, 4) is 0 Å². The normalized spacial score (nSPS) is 13.3. The van der Waals surface area contributed by atoms with Crippen molar-refractivity contribution in [1.29, 1.82) is 0 Å².